The summed E-state index contributed by atoms with van der Waals surface area (Å²) >= 11 is 0. The number of amides is 2. The molecule has 3 fully saturated rings. The number of imide groups is 1. The standard InChI is InChI=1S/C20H20N2O3/c1-11-4-5-12-10-13(6-7-14(12)21-11)22-17(23)15-16(18(22)24)20(3)9-8-19(15,2)25-20/h4-7,10,15-16H,8-9H2,1-3H3. The average Bonchev–Trinajstić information content (AvgIpc) is 3.11. The number of ether oxygens (including phenoxy) is 1. The maximum atomic E-state index is 13.1. The van der Waals surface area contributed by atoms with Gasteiger partial charge in [0.2, 0.25) is 11.8 Å². The number of rotatable bonds is 1. The van der Waals surface area contributed by atoms with Gasteiger partial charge in [0.05, 0.1) is 34.2 Å². The number of hydrogen-bond acceptors (Lipinski definition) is 4. The molecule has 5 rings (SSSR count). The summed E-state index contributed by atoms with van der Waals surface area (Å²) in [5.74, 6) is -0.989. The Morgan fingerprint density at radius 1 is 1.04 bits per heavy atom. The summed E-state index contributed by atoms with van der Waals surface area (Å²) in [5, 5.41) is 0.928. The number of aromatic nitrogens is 1. The van der Waals surface area contributed by atoms with E-state index in [-0.39, 0.29) is 23.7 Å². The summed E-state index contributed by atoms with van der Waals surface area (Å²) in [6.07, 6.45) is 1.66. The highest BCUT2D eigenvalue weighted by atomic mass is 16.5. The molecule has 0 spiro atoms. The lowest BCUT2D eigenvalue weighted by Crippen LogP contribution is -2.40. The maximum Gasteiger partial charge on any atom is 0.240 e. The Kier molecular flexibility index (Phi) is 2.68. The van der Waals surface area contributed by atoms with E-state index in [2.05, 4.69) is 4.98 Å². The van der Waals surface area contributed by atoms with Crippen molar-refractivity contribution in [1.29, 1.82) is 0 Å². The second kappa shape index (κ2) is 4.47. The number of pyridine rings is 1. The van der Waals surface area contributed by atoms with Crippen LogP contribution in [0.25, 0.3) is 10.9 Å². The molecule has 4 heterocycles. The van der Waals surface area contributed by atoms with Gasteiger partial charge in [0.25, 0.3) is 0 Å². The quantitative estimate of drug-likeness (QED) is 0.751. The molecule has 2 bridgehead atoms. The zero-order valence-corrected chi connectivity index (χ0v) is 14.6. The van der Waals surface area contributed by atoms with Gasteiger partial charge in [-0.2, -0.15) is 0 Å². The van der Waals surface area contributed by atoms with E-state index in [9.17, 15) is 9.59 Å². The van der Waals surface area contributed by atoms with Gasteiger partial charge >= 0.3 is 0 Å². The van der Waals surface area contributed by atoms with E-state index in [1.54, 1.807) is 0 Å². The van der Waals surface area contributed by atoms with Crippen LogP contribution in [0.4, 0.5) is 5.69 Å². The van der Waals surface area contributed by atoms with E-state index >= 15 is 0 Å². The van der Waals surface area contributed by atoms with Gasteiger partial charge in [0.1, 0.15) is 0 Å². The van der Waals surface area contributed by atoms with Crippen LogP contribution in [-0.2, 0) is 14.3 Å². The van der Waals surface area contributed by atoms with Gasteiger partial charge in [-0.25, -0.2) is 4.90 Å². The van der Waals surface area contributed by atoms with Crippen molar-refractivity contribution in [1.82, 2.24) is 4.98 Å². The number of nitrogens with zero attached hydrogens (tertiary/aromatic N) is 2. The Balaban J connectivity index is 1.61. The number of aryl methyl sites for hydroxylation is 1. The van der Waals surface area contributed by atoms with Crippen LogP contribution in [0, 0.1) is 18.8 Å². The second-order valence-electron chi connectivity index (χ2n) is 8.02. The largest absolute Gasteiger partial charge is 0.367 e. The molecule has 25 heavy (non-hydrogen) atoms. The number of hydrogen-bond donors (Lipinski definition) is 0. The van der Waals surface area contributed by atoms with E-state index < -0.39 is 11.2 Å². The van der Waals surface area contributed by atoms with Crippen molar-refractivity contribution in [3.63, 3.8) is 0 Å². The van der Waals surface area contributed by atoms with E-state index in [0.717, 1.165) is 29.4 Å². The number of carbonyl (C=O) groups excluding carboxylic acids is 2. The summed E-state index contributed by atoms with van der Waals surface area (Å²) < 4.78 is 6.14. The molecule has 1 aromatic heterocycles. The molecule has 3 saturated heterocycles. The Hall–Kier alpha value is -2.27. The van der Waals surface area contributed by atoms with Gasteiger partial charge in [-0.1, -0.05) is 6.07 Å². The predicted molar refractivity (Wildman–Crippen MR) is 93.1 cm³/mol. The fourth-order valence-corrected chi connectivity index (χ4v) is 5.08. The number of anilines is 1. The van der Waals surface area contributed by atoms with Crippen LogP contribution in [-0.4, -0.2) is 28.0 Å². The van der Waals surface area contributed by atoms with Crippen molar-refractivity contribution >= 4 is 28.4 Å². The molecule has 2 aromatic rings. The van der Waals surface area contributed by atoms with Gasteiger partial charge in [-0.3, -0.25) is 14.6 Å². The molecule has 0 N–H and O–H groups in total. The van der Waals surface area contributed by atoms with Crippen LogP contribution in [0.2, 0.25) is 0 Å². The lowest BCUT2D eigenvalue weighted by molar-refractivity contribution is -0.129. The summed E-state index contributed by atoms with van der Waals surface area (Å²) in [6, 6.07) is 9.49. The highest BCUT2D eigenvalue weighted by Gasteiger charge is 2.72. The third-order valence-electron chi connectivity index (χ3n) is 6.28. The van der Waals surface area contributed by atoms with Gasteiger partial charge in [0.15, 0.2) is 0 Å². The fraction of sp³-hybridized carbons (Fsp3) is 0.450. The fourth-order valence-electron chi connectivity index (χ4n) is 5.08. The molecule has 0 saturated carbocycles. The lowest BCUT2D eigenvalue weighted by Gasteiger charge is -2.27. The molecule has 5 nitrogen and oxygen atoms in total. The van der Waals surface area contributed by atoms with E-state index in [1.807, 2.05) is 51.1 Å². The minimum atomic E-state index is -0.517. The third kappa shape index (κ3) is 1.79. The first-order valence-electron chi connectivity index (χ1n) is 8.78. The number of fused-ring (bicyclic) bond motifs is 6. The van der Waals surface area contributed by atoms with E-state index in [4.69, 9.17) is 4.74 Å². The predicted octanol–water partition coefficient (Wildman–Crippen LogP) is 2.99. The van der Waals surface area contributed by atoms with Gasteiger partial charge in [0, 0.05) is 11.1 Å². The molecule has 4 atom stereocenters. The summed E-state index contributed by atoms with van der Waals surface area (Å²) in [4.78, 5) is 32.1. The minimum Gasteiger partial charge on any atom is -0.367 e. The van der Waals surface area contributed by atoms with Crippen LogP contribution in [0.1, 0.15) is 32.4 Å². The van der Waals surface area contributed by atoms with Crippen molar-refractivity contribution in [2.75, 3.05) is 4.90 Å². The third-order valence-corrected chi connectivity index (χ3v) is 6.28. The van der Waals surface area contributed by atoms with E-state index in [0.29, 0.717) is 5.69 Å². The molecule has 0 aliphatic carbocycles. The average molecular weight is 336 g/mol. The summed E-state index contributed by atoms with van der Waals surface area (Å²) in [6.45, 7) is 5.90. The Bertz CT molecular complexity index is 921. The second-order valence-corrected chi connectivity index (χ2v) is 8.02. The zero-order valence-electron chi connectivity index (χ0n) is 14.6. The van der Waals surface area contributed by atoms with Crippen LogP contribution in [0.15, 0.2) is 30.3 Å². The highest BCUT2D eigenvalue weighted by Crippen LogP contribution is 2.60. The molecular weight excluding hydrogens is 316 g/mol. The van der Waals surface area contributed by atoms with Crippen LogP contribution in [0.3, 0.4) is 0 Å². The van der Waals surface area contributed by atoms with Crippen molar-refractivity contribution in [3.8, 4) is 0 Å². The van der Waals surface area contributed by atoms with Crippen LogP contribution in [0.5, 0.6) is 0 Å². The topological polar surface area (TPSA) is 59.5 Å². The van der Waals surface area contributed by atoms with Crippen molar-refractivity contribution in [2.24, 2.45) is 11.8 Å². The molecule has 1 aromatic carbocycles. The molecule has 128 valence electrons. The SMILES string of the molecule is Cc1ccc2cc(N3C(=O)C4C(C3=O)C3(C)CCC4(C)O3)ccc2n1. The Labute approximate surface area is 146 Å². The lowest BCUT2D eigenvalue weighted by atomic mass is 9.69. The van der Waals surface area contributed by atoms with Gasteiger partial charge in [-0.15, -0.1) is 0 Å². The molecule has 3 aliphatic heterocycles. The summed E-state index contributed by atoms with van der Waals surface area (Å²) in [5.41, 5.74) is 1.41. The summed E-state index contributed by atoms with van der Waals surface area (Å²) in [7, 11) is 0. The molecule has 5 heteroatoms. The van der Waals surface area contributed by atoms with E-state index in [1.165, 1.54) is 4.90 Å². The smallest absolute Gasteiger partial charge is 0.240 e. The minimum absolute atomic E-state index is 0.125. The van der Waals surface area contributed by atoms with Gasteiger partial charge < -0.3 is 4.74 Å². The first-order chi connectivity index (χ1) is 11.8. The number of benzene rings is 1. The van der Waals surface area contributed by atoms with Crippen molar-refractivity contribution in [3.05, 3.63) is 36.0 Å². The maximum absolute atomic E-state index is 13.1. The molecule has 3 aliphatic rings. The first kappa shape index (κ1) is 15.0. The highest BCUT2D eigenvalue weighted by molar-refractivity contribution is 6.23. The zero-order chi connectivity index (χ0) is 17.6. The Morgan fingerprint density at radius 3 is 2.32 bits per heavy atom. The normalized spacial score (nSPS) is 36.5. The Morgan fingerprint density at radius 2 is 1.68 bits per heavy atom. The van der Waals surface area contributed by atoms with Crippen molar-refractivity contribution < 1.29 is 14.3 Å². The van der Waals surface area contributed by atoms with Crippen LogP contribution < -0.4 is 4.90 Å². The van der Waals surface area contributed by atoms with Crippen molar-refractivity contribution in [2.45, 2.75) is 44.8 Å². The van der Waals surface area contributed by atoms with Gasteiger partial charge in [-0.05, 0) is 57.9 Å². The van der Waals surface area contributed by atoms with Crippen LogP contribution >= 0.6 is 0 Å². The first-order valence-corrected chi connectivity index (χ1v) is 8.78. The number of carbonyl (C=O) groups is 2. The molecule has 4 unspecified atom stereocenters. The molecular formula is C20H20N2O3. The monoisotopic (exact) mass is 336 g/mol. The molecule has 0 radical (unpaired) electrons. The molecule has 2 amide bonds.